The number of anilines is 1. The largest absolute Gasteiger partial charge is 0.419 e. The van der Waals surface area contributed by atoms with Crippen molar-refractivity contribution in [3.05, 3.63) is 59.0 Å². The van der Waals surface area contributed by atoms with Gasteiger partial charge in [0.25, 0.3) is 0 Å². The number of nitrogens with zero attached hydrogens (tertiary/aromatic N) is 2. The standard InChI is InChI=1S/C19H14F7N3O2/c1-29-8-11(9-2-4-10(5-3-9)18(21,22)23)13(17(29)31)16(30)28-15-14(20)12(6-7-27-15)19(24,25)26/h2-7,11,13H,8H2,1H3,(H,27,28,30)/t11-,13+/m1/s1. The molecule has 0 saturated carbocycles. The predicted octanol–water partition coefficient (Wildman–Crippen LogP) is 4.07. The molecule has 0 aliphatic carbocycles. The van der Waals surface area contributed by atoms with Gasteiger partial charge in [0.1, 0.15) is 5.92 Å². The van der Waals surface area contributed by atoms with E-state index in [1.165, 1.54) is 7.05 Å². The predicted molar refractivity (Wildman–Crippen MR) is 93.1 cm³/mol. The first-order valence-corrected chi connectivity index (χ1v) is 8.75. The Hall–Kier alpha value is -3.18. The van der Waals surface area contributed by atoms with Crippen LogP contribution in [0.4, 0.5) is 36.6 Å². The van der Waals surface area contributed by atoms with Crippen LogP contribution in [0.3, 0.4) is 0 Å². The van der Waals surface area contributed by atoms with Crippen LogP contribution in [0.1, 0.15) is 22.6 Å². The number of halogens is 7. The van der Waals surface area contributed by atoms with Crippen LogP contribution in [-0.2, 0) is 21.9 Å². The van der Waals surface area contributed by atoms with Gasteiger partial charge in [-0.05, 0) is 23.8 Å². The molecule has 1 aromatic heterocycles. The van der Waals surface area contributed by atoms with Crippen LogP contribution in [0.2, 0.25) is 0 Å². The highest BCUT2D eigenvalue weighted by Gasteiger charge is 2.45. The highest BCUT2D eigenvalue weighted by molar-refractivity contribution is 6.08. The number of pyridine rings is 1. The molecule has 2 heterocycles. The highest BCUT2D eigenvalue weighted by atomic mass is 19.4. The number of aromatic nitrogens is 1. The fourth-order valence-electron chi connectivity index (χ4n) is 3.36. The van der Waals surface area contributed by atoms with E-state index in [1.807, 2.05) is 5.32 Å². The van der Waals surface area contributed by atoms with Crippen LogP contribution in [0.25, 0.3) is 0 Å². The van der Waals surface area contributed by atoms with Gasteiger partial charge in [-0.25, -0.2) is 9.37 Å². The Morgan fingerprint density at radius 3 is 2.23 bits per heavy atom. The second-order valence-corrected chi connectivity index (χ2v) is 6.93. The highest BCUT2D eigenvalue weighted by Crippen LogP contribution is 2.37. The van der Waals surface area contributed by atoms with Crippen molar-refractivity contribution in [3.63, 3.8) is 0 Å². The average Bonchev–Trinajstić information content (AvgIpc) is 2.97. The van der Waals surface area contributed by atoms with Crippen LogP contribution in [0.5, 0.6) is 0 Å². The Morgan fingerprint density at radius 2 is 1.68 bits per heavy atom. The topological polar surface area (TPSA) is 62.3 Å². The summed E-state index contributed by atoms with van der Waals surface area (Å²) in [5.74, 6) is -7.03. The Kier molecular flexibility index (Phi) is 5.68. The molecular weight excluding hydrogens is 435 g/mol. The molecule has 1 aliphatic rings. The lowest BCUT2D eigenvalue weighted by atomic mass is 9.87. The lowest BCUT2D eigenvalue weighted by molar-refractivity contribution is -0.140. The quantitative estimate of drug-likeness (QED) is 0.568. The van der Waals surface area contributed by atoms with E-state index in [4.69, 9.17) is 0 Å². The fourth-order valence-corrected chi connectivity index (χ4v) is 3.36. The van der Waals surface area contributed by atoms with Crippen molar-refractivity contribution in [1.29, 1.82) is 0 Å². The third kappa shape index (κ3) is 4.47. The molecule has 12 heteroatoms. The van der Waals surface area contributed by atoms with E-state index in [2.05, 4.69) is 4.98 Å². The second-order valence-electron chi connectivity index (χ2n) is 6.93. The molecule has 1 saturated heterocycles. The van der Waals surface area contributed by atoms with Gasteiger partial charge in [0.15, 0.2) is 11.6 Å². The maximum Gasteiger partial charge on any atom is 0.419 e. The third-order valence-corrected chi connectivity index (χ3v) is 4.90. The Bertz CT molecular complexity index is 1000. The summed E-state index contributed by atoms with van der Waals surface area (Å²) in [6.45, 7) is -0.0270. The molecule has 0 unspecified atom stereocenters. The van der Waals surface area contributed by atoms with Gasteiger partial charge in [-0.2, -0.15) is 26.3 Å². The molecule has 0 bridgehead atoms. The molecule has 2 amide bonds. The van der Waals surface area contributed by atoms with E-state index in [0.29, 0.717) is 12.3 Å². The number of likely N-dealkylation sites (N-methyl/N-ethyl adjacent to an activating group) is 1. The van der Waals surface area contributed by atoms with Crippen molar-refractivity contribution in [3.8, 4) is 0 Å². The van der Waals surface area contributed by atoms with Crippen LogP contribution in [0.15, 0.2) is 36.5 Å². The monoisotopic (exact) mass is 449 g/mol. The molecule has 5 nitrogen and oxygen atoms in total. The van der Waals surface area contributed by atoms with Gasteiger partial charge in [0.2, 0.25) is 11.8 Å². The molecule has 0 spiro atoms. The number of likely N-dealkylation sites (tertiary alicyclic amines) is 1. The molecule has 0 radical (unpaired) electrons. The maximum atomic E-state index is 14.2. The smallest absolute Gasteiger partial charge is 0.344 e. The summed E-state index contributed by atoms with van der Waals surface area (Å²) >= 11 is 0. The van der Waals surface area contributed by atoms with Gasteiger partial charge in [0, 0.05) is 25.7 Å². The van der Waals surface area contributed by atoms with E-state index in [1.54, 1.807) is 0 Å². The second kappa shape index (κ2) is 7.82. The lowest BCUT2D eigenvalue weighted by Gasteiger charge is -2.18. The van der Waals surface area contributed by atoms with E-state index < -0.39 is 58.8 Å². The zero-order valence-corrected chi connectivity index (χ0v) is 15.7. The van der Waals surface area contributed by atoms with Crippen LogP contribution >= 0.6 is 0 Å². The van der Waals surface area contributed by atoms with Gasteiger partial charge in [0.05, 0.1) is 11.1 Å². The molecule has 2 aromatic rings. The van der Waals surface area contributed by atoms with Crippen molar-refractivity contribution in [2.24, 2.45) is 5.92 Å². The molecule has 2 atom stereocenters. The summed E-state index contributed by atoms with van der Waals surface area (Å²) in [5.41, 5.74) is -2.33. The number of hydrogen-bond donors (Lipinski definition) is 1. The minimum atomic E-state index is -5.03. The number of hydrogen-bond acceptors (Lipinski definition) is 3. The van der Waals surface area contributed by atoms with Gasteiger partial charge < -0.3 is 10.2 Å². The fraction of sp³-hybridized carbons (Fsp3) is 0.316. The van der Waals surface area contributed by atoms with E-state index in [9.17, 15) is 40.3 Å². The minimum Gasteiger partial charge on any atom is -0.344 e. The number of benzene rings is 1. The van der Waals surface area contributed by atoms with Crippen molar-refractivity contribution in [2.45, 2.75) is 18.3 Å². The maximum absolute atomic E-state index is 14.2. The summed E-state index contributed by atoms with van der Waals surface area (Å²) in [5, 5.41) is 1.90. The summed E-state index contributed by atoms with van der Waals surface area (Å²) in [6, 6.07) is 4.21. The number of nitrogens with one attached hydrogen (secondary N) is 1. The van der Waals surface area contributed by atoms with Crippen LogP contribution in [-0.4, -0.2) is 35.3 Å². The summed E-state index contributed by atoms with van der Waals surface area (Å²) < 4.78 is 91.1. The molecule has 1 aromatic carbocycles. The first-order valence-electron chi connectivity index (χ1n) is 8.75. The Labute approximate surface area is 170 Å². The van der Waals surface area contributed by atoms with Gasteiger partial charge in [-0.3, -0.25) is 9.59 Å². The number of carbonyl (C=O) groups is 2. The van der Waals surface area contributed by atoms with E-state index >= 15 is 0 Å². The van der Waals surface area contributed by atoms with Crippen molar-refractivity contribution in [1.82, 2.24) is 9.88 Å². The third-order valence-electron chi connectivity index (χ3n) is 4.90. The lowest BCUT2D eigenvalue weighted by Crippen LogP contribution is -2.33. The minimum absolute atomic E-state index is 0.0270. The zero-order chi connectivity index (χ0) is 23.1. The van der Waals surface area contributed by atoms with Crippen LogP contribution in [0, 0.1) is 11.7 Å². The Morgan fingerprint density at radius 1 is 1.06 bits per heavy atom. The number of alkyl halides is 6. The Balaban J connectivity index is 1.89. The first-order chi connectivity index (χ1) is 14.3. The first kappa shape index (κ1) is 22.5. The molecule has 1 fully saturated rings. The summed E-state index contributed by atoms with van der Waals surface area (Å²) in [7, 11) is 1.36. The number of rotatable bonds is 3. The summed E-state index contributed by atoms with van der Waals surface area (Å²) in [4.78, 5) is 29.7. The number of carbonyl (C=O) groups excluding carboxylic acids is 2. The zero-order valence-electron chi connectivity index (χ0n) is 15.7. The van der Waals surface area contributed by atoms with Gasteiger partial charge in [-0.15, -0.1) is 0 Å². The van der Waals surface area contributed by atoms with E-state index in [0.717, 1.165) is 29.2 Å². The molecule has 31 heavy (non-hydrogen) atoms. The molecular formula is C19H14F7N3O2. The van der Waals surface area contributed by atoms with Gasteiger partial charge in [-0.1, -0.05) is 12.1 Å². The molecule has 166 valence electrons. The van der Waals surface area contributed by atoms with Gasteiger partial charge >= 0.3 is 12.4 Å². The summed E-state index contributed by atoms with van der Waals surface area (Å²) in [6.07, 6.45) is -8.96. The normalized spacial score (nSPS) is 19.6. The van der Waals surface area contributed by atoms with Crippen molar-refractivity contribution < 1.29 is 40.3 Å². The van der Waals surface area contributed by atoms with Crippen molar-refractivity contribution >= 4 is 17.6 Å². The molecule has 3 rings (SSSR count). The van der Waals surface area contributed by atoms with Crippen molar-refractivity contribution in [2.75, 3.05) is 18.9 Å². The SMILES string of the molecule is CN1C[C@H](c2ccc(C(F)(F)F)cc2)[C@@H](C(=O)Nc2nccc(C(F)(F)F)c2F)C1=O. The molecule has 1 aliphatic heterocycles. The number of amides is 2. The van der Waals surface area contributed by atoms with E-state index in [-0.39, 0.29) is 12.1 Å². The average molecular weight is 449 g/mol. The van der Waals surface area contributed by atoms with Crippen LogP contribution < -0.4 is 5.32 Å². The molecule has 1 N–H and O–H groups in total.